The number of hydrogen-bond acceptors (Lipinski definition) is 4. The second-order valence-corrected chi connectivity index (χ2v) is 13.8. The zero-order chi connectivity index (χ0) is 32.8. The fourth-order valence-electron chi connectivity index (χ4n) is 6.62. The Labute approximate surface area is 282 Å². The second kappa shape index (κ2) is 14.9. The maximum atomic E-state index is 14.3. The van der Waals surface area contributed by atoms with Crippen LogP contribution >= 0.6 is 22.9 Å². The Morgan fingerprint density at radius 3 is 2.17 bits per heavy atom. The molecule has 0 saturated heterocycles. The molecule has 5 nitrogen and oxygen atoms in total. The average Bonchev–Trinajstić information content (AvgIpc) is 3.38. The normalized spacial score (nSPS) is 11.7. The van der Waals surface area contributed by atoms with Crippen LogP contribution in [0.3, 0.4) is 0 Å². The fraction of sp³-hybridized carbons (Fsp3) is 0.359. The third-order valence-electron chi connectivity index (χ3n) is 9.25. The molecule has 1 amide bonds. The lowest BCUT2D eigenvalue weighted by atomic mass is 10.1. The zero-order valence-corrected chi connectivity index (χ0v) is 29.6. The molecule has 0 saturated carbocycles. The molecule has 0 aliphatic carbocycles. The number of thiophene rings is 1. The van der Waals surface area contributed by atoms with Crippen molar-refractivity contribution in [1.82, 2.24) is 4.90 Å². The van der Waals surface area contributed by atoms with Crippen molar-refractivity contribution in [2.45, 2.75) is 53.6 Å². The maximum Gasteiger partial charge on any atom is 0.265 e. The molecule has 0 aliphatic heterocycles. The van der Waals surface area contributed by atoms with Crippen molar-refractivity contribution >= 4 is 49.7 Å². The van der Waals surface area contributed by atoms with Crippen LogP contribution in [0.2, 0.25) is 5.02 Å². The number of rotatable bonds is 14. The van der Waals surface area contributed by atoms with Crippen molar-refractivity contribution in [3.05, 3.63) is 105 Å². The van der Waals surface area contributed by atoms with Gasteiger partial charge in [0.15, 0.2) is 11.5 Å². The summed E-state index contributed by atoms with van der Waals surface area (Å²) >= 11 is 8.34. The van der Waals surface area contributed by atoms with Gasteiger partial charge < -0.3 is 18.9 Å². The molecule has 0 atom stereocenters. The van der Waals surface area contributed by atoms with Crippen molar-refractivity contribution in [2.24, 2.45) is 0 Å². The van der Waals surface area contributed by atoms with Crippen molar-refractivity contribution in [1.29, 1.82) is 0 Å². The van der Waals surface area contributed by atoms with E-state index in [0.29, 0.717) is 34.5 Å². The molecule has 0 fully saturated rings. The van der Waals surface area contributed by atoms with Crippen LogP contribution in [0.15, 0.2) is 72.8 Å². The molecule has 242 valence electrons. The van der Waals surface area contributed by atoms with Crippen molar-refractivity contribution in [2.75, 3.05) is 40.4 Å². The maximum absolute atomic E-state index is 14.3. The van der Waals surface area contributed by atoms with E-state index in [2.05, 4.69) is 88.4 Å². The minimum absolute atomic E-state index is 0.0423. The topological polar surface area (TPSA) is 38.8 Å². The van der Waals surface area contributed by atoms with Gasteiger partial charge in [0.1, 0.15) is 11.4 Å². The Morgan fingerprint density at radius 1 is 0.826 bits per heavy atom. The molecule has 1 heterocycles. The van der Waals surface area contributed by atoms with Gasteiger partial charge in [0.25, 0.3) is 5.91 Å². The van der Waals surface area contributed by atoms with E-state index in [-0.39, 0.29) is 5.91 Å². The van der Waals surface area contributed by atoms with Crippen LogP contribution in [-0.2, 0) is 13.1 Å². The first-order valence-corrected chi connectivity index (χ1v) is 17.4. The summed E-state index contributed by atoms with van der Waals surface area (Å²) in [4.78, 5) is 16.8. The van der Waals surface area contributed by atoms with E-state index in [1.165, 1.54) is 38.8 Å². The lowest BCUT2D eigenvalue weighted by molar-refractivity contribution is -0.938. The van der Waals surface area contributed by atoms with Crippen LogP contribution in [0, 0.1) is 13.8 Å². The van der Waals surface area contributed by atoms with Gasteiger partial charge in [-0.05, 0) is 69.0 Å². The number of quaternary nitrogens is 1. The van der Waals surface area contributed by atoms with Gasteiger partial charge in [0.05, 0.1) is 38.9 Å². The highest BCUT2D eigenvalue weighted by atomic mass is 35.5. The predicted molar refractivity (Wildman–Crippen MR) is 194 cm³/mol. The third-order valence-corrected chi connectivity index (χ3v) is 10.9. The summed E-state index contributed by atoms with van der Waals surface area (Å²) in [6.45, 7) is 14.4. The molecule has 0 unspecified atom stereocenters. The van der Waals surface area contributed by atoms with E-state index in [1.807, 2.05) is 17.0 Å². The summed E-state index contributed by atoms with van der Waals surface area (Å²) < 4.78 is 13.0. The van der Waals surface area contributed by atoms with Gasteiger partial charge in [-0.15, -0.1) is 11.3 Å². The molecule has 0 spiro atoms. The van der Waals surface area contributed by atoms with Crippen molar-refractivity contribution in [3.63, 3.8) is 0 Å². The number of carbonyl (C=O) groups is 1. The third kappa shape index (κ3) is 7.52. The molecule has 4 aromatic carbocycles. The van der Waals surface area contributed by atoms with Gasteiger partial charge in [-0.1, -0.05) is 77.3 Å². The Balaban J connectivity index is 1.38. The quantitative estimate of drug-likeness (QED) is 0.0881. The van der Waals surface area contributed by atoms with Crippen molar-refractivity contribution in [3.8, 4) is 11.5 Å². The van der Waals surface area contributed by atoms with Gasteiger partial charge in [-0.2, -0.15) is 0 Å². The van der Waals surface area contributed by atoms with Crippen LogP contribution in [0.4, 0.5) is 0 Å². The van der Waals surface area contributed by atoms with Gasteiger partial charge in [-0.25, -0.2) is 0 Å². The Bertz CT molecular complexity index is 1810. The smallest absolute Gasteiger partial charge is 0.265 e. The number of unbranched alkanes of at least 4 members (excludes halogenated alkanes) is 1. The standard InChI is InChI=1S/C39H46ClN2O3S/c1-7-42(8-2,26-30-20-27(3)19-28(4)21-30)18-12-11-17-41(25-29-15-16-31-13-9-10-14-32(31)22-29)39(43)38-37(40)33-23-34(44-5)35(45-6)24-36(33)46-38/h9-10,13-16,19-24H,7-8,11-12,17-18,25-26H2,1-6H3/q+1. The zero-order valence-electron chi connectivity index (χ0n) is 28.0. The molecule has 0 N–H and O–H groups in total. The first-order valence-electron chi connectivity index (χ1n) is 16.2. The van der Waals surface area contributed by atoms with Crippen LogP contribution < -0.4 is 9.47 Å². The summed E-state index contributed by atoms with van der Waals surface area (Å²) in [7, 11) is 3.22. The number of hydrogen-bond donors (Lipinski definition) is 0. The van der Waals surface area contributed by atoms with E-state index in [9.17, 15) is 4.79 Å². The highest BCUT2D eigenvalue weighted by molar-refractivity contribution is 7.21. The van der Waals surface area contributed by atoms with Gasteiger partial charge >= 0.3 is 0 Å². The first-order chi connectivity index (χ1) is 22.2. The summed E-state index contributed by atoms with van der Waals surface area (Å²) in [5.41, 5.74) is 5.15. The Hall–Kier alpha value is -3.58. The monoisotopic (exact) mass is 657 g/mol. The van der Waals surface area contributed by atoms with Crippen LogP contribution in [0.1, 0.15) is 58.6 Å². The molecule has 5 rings (SSSR count). The molecule has 46 heavy (non-hydrogen) atoms. The molecule has 5 aromatic rings. The van der Waals surface area contributed by atoms with Gasteiger partial charge in [0, 0.05) is 34.8 Å². The predicted octanol–water partition coefficient (Wildman–Crippen LogP) is 9.82. The van der Waals surface area contributed by atoms with E-state index < -0.39 is 0 Å². The minimum Gasteiger partial charge on any atom is -0.493 e. The van der Waals surface area contributed by atoms with E-state index in [0.717, 1.165) is 59.2 Å². The molecule has 7 heteroatoms. The lowest BCUT2D eigenvalue weighted by Crippen LogP contribution is -2.47. The first kappa shape index (κ1) is 33.8. The number of amides is 1. The molecule has 1 aromatic heterocycles. The summed E-state index contributed by atoms with van der Waals surface area (Å²) in [6.07, 6.45) is 1.94. The van der Waals surface area contributed by atoms with E-state index in [4.69, 9.17) is 21.1 Å². The fourth-order valence-corrected chi connectivity index (χ4v) is 8.11. The molecular formula is C39H46ClN2O3S+. The summed E-state index contributed by atoms with van der Waals surface area (Å²) in [5.74, 6) is 1.17. The van der Waals surface area contributed by atoms with E-state index >= 15 is 0 Å². The number of aryl methyl sites for hydroxylation is 2. The summed E-state index contributed by atoms with van der Waals surface area (Å²) in [5, 5.41) is 3.63. The highest BCUT2D eigenvalue weighted by Gasteiger charge is 2.26. The number of fused-ring (bicyclic) bond motifs is 2. The number of ether oxygens (including phenoxy) is 2. The van der Waals surface area contributed by atoms with Gasteiger partial charge in [0.2, 0.25) is 0 Å². The summed E-state index contributed by atoms with van der Waals surface area (Å²) in [6, 6.07) is 25.5. The second-order valence-electron chi connectivity index (χ2n) is 12.4. The Kier molecular flexibility index (Phi) is 10.9. The molecule has 0 radical (unpaired) electrons. The number of benzene rings is 4. The number of methoxy groups -OCH3 is 2. The number of nitrogens with zero attached hydrogens (tertiary/aromatic N) is 2. The van der Waals surface area contributed by atoms with E-state index in [1.54, 1.807) is 14.2 Å². The number of carbonyl (C=O) groups excluding carboxylic acids is 1. The molecular weight excluding hydrogens is 612 g/mol. The molecule has 0 aliphatic rings. The Morgan fingerprint density at radius 2 is 1.50 bits per heavy atom. The highest BCUT2D eigenvalue weighted by Crippen LogP contribution is 2.42. The van der Waals surface area contributed by atoms with Crippen LogP contribution in [0.5, 0.6) is 11.5 Å². The number of halogens is 1. The average molecular weight is 658 g/mol. The van der Waals surface area contributed by atoms with Crippen LogP contribution in [0.25, 0.3) is 20.9 Å². The van der Waals surface area contributed by atoms with Crippen molar-refractivity contribution < 1.29 is 18.8 Å². The van der Waals surface area contributed by atoms with Crippen LogP contribution in [-0.4, -0.2) is 55.7 Å². The largest absolute Gasteiger partial charge is 0.493 e. The lowest BCUT2D eigenvalue weighted by Gasteiger charge is -2.37. The molecule has 0 bridgehead atoms. The van der Waals surface area contributed by atoms with Gasteiger partial charge in [-0.3, -0.25) is 4.79 Å². The minimum atomic E-state index is -0.0423. The SMILES string of the molecule is CC[N+](CC)(CCCCN(Cc1ccc2ccccc2c1)C(=O)c1sc2cc(OC)c(OC)cc2c1Cl)Cc1cc(C)cc(C)c1.